The molecular weight excluding hydrogens is 236 g/mol. The summed E-state index contributed by atoms with van der Waals surface area (Å²) in [6.07, 6.45) is -0.576. The number of halogens is 1. The van der Waals surface area contributed by atoms with Gasteiger partial charge in [-0.05, 0) is 35.4 Å². The van der Waals surface area contributed by atoms with E-state index in [1.807, 2.05) is 29.8 Å². The minimum atomic E-state index is -0.576. The number of aliphatic hydroxyl groups is 1. The molecule has 0 fully saturated rings. The predicted molar refractivity (Wildman–Crippen MR) is 62.4 cm³/mol. The van der Waals surface area contributed by atoms with Crippen LogP contribution in [-0.4, -0.2) is 5.11 Å². The summed E-state index contributed by atoms with van der Waals surface area (Å²) >= 11 is 9.07. The maximum absolute atomic E-state index is 10.0. The summed E-state index contributed by atoms with van der Waals surface area (Å²) in [6, 6.07) is 3.80. The van der Waals surface area contributed by atoms with Gasteiger partial charge in [-0.15, -0.1) is 22.7 Å². The van der Waals surface area contributed by atoms with Crippen LogP contribution in [0.3, 0.4) is 0 Å². The number of rotatable bonds is 2. The van der Waals surface area contributed by atoms with Crippen molar-refractivity contribution in [2.75, 3.05) is 0 Å². The maximum Gasteiger partial charge on any atom is 0.115 e. The van der Waals surface area contributed by atoms with Crippen LogP contribution in [0.1, 0.15) is 21.4 Å². The van der Waals surface area contributed by atoms with Gasteiger partial charge in [0.2, 0.25) is 0 Å². The van der Waals surface area contributed by atoms with Crippen molar-refractivity contribution in [1.29, 1.82) is 0 Å². The summed E-state index contributed by atoms with van der Waals surface area (Å²) in [6.45, 7) is 2.02. The normalized spacial score (nSPS) is 13.1. The lowest BCUT2D eigenvalue weighted by atomic mass is 10.1. The molecule has 1 N–H and O–H groups in total. The van der Waals surface area contributed by atoms with Crippen LogP contribution in [0.25, 0.3) is 0 Å². The van der Waals surface area contributed by atoms with Crippen LogP contribution in [0.15, 0.2) is 22.9 Å². The molecule has 0 aliphatic heterocycles. The summed E-state index contributed by atoms with van der Waals surface area (Å²) in [4.78, 5) is 2.02. The van der Waals surface area contributed by atoms with Crippen LogP contribution >= 0.6 is 34.3 Å². The van der Waals surface area contributed by atoms with Crippen LogP contribution in [0.5, 0.6) is 0 Å². The van der Waals surface area contributed by atoms with E-state index in [4.69, 9.17) is 11.6 Å². The van der Waals surface area contributed by atoms with Gasteiger partial charge in [0, 0.05) is 4.88 Å². The number of thiophene rings is 2. The van der Waals surface area contributed by atoms with Crippen molar-refractivity contribution in [2.24, 2.45) is 0 Å². The third-order valence-electron chi connectivity index (χ3n) is 1.96. The monoisotopic (exact) mass is 244 g/mol. The molecule has 0 amide bonds. The molecule has 4 heteroatoms. The molecule has 0 saturated heterocycles. The van der Waals surface area contributed by atoms with Crippen molar-refractivity contribution in [1.82, 2.24) is 0 Å². The highest BCUT2D eigenvalue weighted by Gasteiger charge is 2.15. The van der Waals surface area contributed by atoms with E-state index in [2.05, 4.69) is 0 Å². The second-order valence-corrected chi connectivity index (χ2v) is 5.50. The lowest BCUT2D eigenvalue weighted by Gasteiger charge is -2.06. The van der Waals surface area contributed by atoms with E-state index < -0.39 is 6.10 Å². The molecule has 0 aromatic carbocycles. The Bertz CT molecular complexity index is 433. The van der Waals surface area contributed by atoms with E-state index in [0.717, 1.165) is 10.4 Å². The topological polar surface area (TPSA) is 20.2 Å². The summed E-state index contributed by atoms with van der Waals surface area (Å²) in [5.74, 6) is 0. The Morgan fingerprint density at radius 3 is 2.71 bits per heavy atom. The van der Waals surface area contributed by atoms with Gasteiger partial charge >= 0.3 is 0 Å². The smallest absolute Gasteiger partial charge is 0.115 e. The van der Waals surface area contributed by atoms with Gasteiger partial charge in [0.1, 0.15) is 6.10 Å². The fourth-order valence-electron chi connectivity index (χ4n) is 1.26. The third-order valence-corrected chi connectivity index (χ3v) is 4.25. The first kappa shape index (κ1) is 10.2. The number of aliphatic hydroxyl groups excluding tert-OH is 1. The zero-order valence-electron chi connectivity index (χ0n) is 7.53. The summed E-state index contributed by atoms with van der Waals surface area (Å²) in [7, 11) is 0. The molecule has 0 bridgehead atoms. The molecule has 0 aliphatic carbocycles. The number of hydrogen-bond acceptors (Lipinski definition) is 3. The average Bonchev–Trinajstić information content (AvgIpc) is 2.73. The van der Waals surface area contributed by atoms with E-state index in [0.29, 0.717) is 5.02 Å². The molecule has 74 valence electrons. The Labute approximate surface area is 95.6 Å². The third kappa shape index (κ3) is 1.86. The molecule has 2 rings (SSSR count). The van der Waals surface area contributed by atoms with Crippen molar-refractivity contribution < 1.29 is 5.11 Å². The van der Waals surface area contributed by atoms with E-state index in [9.17, 15) is 5.11 Å². The molecule has 1 atom stereocenters. The van der Waals surface area contributed by atoms with E-state index >= 15 is 0 Å². The van der Waals surface area contributed by atoms with Gasteiger partial charge in [0.15, 0.2) is 0 Å². The molecule has 2 aromatic rings. The molecular formula is C10H9ClOS2. The summed E-state index contributed by atoms with van der Waals surface area (Å²) < 4.78 is 0. The maximum atomic E-state index is 10.0. The van der Waals surface area contributed by atoms with Crippen molar-refractivity contribution in [3.63, 3.8) is 0 Å². The second kappa shape index (κ2) is 4.03. The molecule has 1 unspecified atom stereocenters. The van der Waals surface area contributed by atoms with E-state index in [1.165, 1.54) is 16.2 Å². The average molecular weight is 245 g/mol. The Hall–Kier alpha value is -0.350. The van der Waals surface area contributed by atoms with Crippen molar-refractivity contribution in [2.45, 2.75) is 13.0 Å². The first-order chi connectivity index (χ1) is 6.68. The standard InChI is InChI=1S/C10H9ClOS2/c1-6-4-7(5-14-6)9(12)10-8(11)2-3-13-10/h2-5,9,12H,1H3. The summed E-state index contributed by atoms with van der Waals surface area (Å²) in [5.41, 5.74) is 0.928. The molecule has 0 spiro atoms. The van der Waals surface area contributed by atoms with E-state index in [1.54, 1.807) is 11.3 Å². The van der Waals surface area contributed by atoms with E-state index in [-0.39, 0.29) is 0 Å². The molecule has 14 heavy (non-hydrogen) atoms. The molecule has 2 aromatic heterocycles. The zero-order valence-corrected chi connectivity index (χ0v) is 9.92. The highest BCUT2D eigenvalue weighted by atomic mass is 35.5. The Morgan fingerprint density at radius 2 is 2.21 bits per heavy atom. The van der Waals surface area contributed by atoms with Gasteiger partial charge in [0.05, 0.1) is 9.90 Å². The van der Waals surface area contributed by atoms with Crippen molar-refractivity contribution >= 4 is 34.3 Å². The van der Waals surface area contributed by atoms with Gasteiger partial charge in [-0.2, -0.15) is 0 Å². The molecule has 0 saturated carbocycles. The minimum Gasteiger partial charge on any atom is -0.383 e. The largest absolute Gasteiger partial charge is 0.383 e. The van der Waals surface area contributed by atoms with Gasteiger partial charge in [-0.25, -0.2) is 0 Å². The predicted octanol–water partition coefficient (Wildman–Crippen LogP) is 3.85. The van der Waals surface area contributed by atoms with Gasteiger partial charge < -0.3 is 5.11 Å². The lowest BCUT2D eigenvalue weighted by Crippen LogP contribution is -1.95. The van der Waals surface area contributed by atoms with Gasteiger partial charge in [0.25, 0.3) is 0 Å². The Balaban J connectivity index is 2.33. The Morgan fingerprint density at radius 1 is 1.43 bits per heavy atom. The highest BCUT2D eigenvalue weighted by molar-refractivity contribution is 7.11. The SMILES string of the molecule is Cc1cc(C(O)c2sccc2Cl)cs1. The highest BCUT2D eigenvalue weighted by Crippen LogP contribution is 2.34. The van der Waals surface area contributed by atoms with Crippen LogP contribution in [0.4, 0.5) is 0 Å². The quantitative estimate of drug-likeness (QED) is 0.851. The summed E-state index contributed by atoms with van der Waals surface area (Å²) in [5, 5.41) is 14.5. The molecule has 1 nitrogen and oxygen atoms in total. The molecule has 0 radical (unpaired) electrons. The van der Waals surface area contributed by atoms with Crippen LogP contribution in [0.2, 0.25) is 5.02 Å². The minimum absolute atomic E-state index is 0.576. The Kier molecular flexibility index (Phi) is 2.93. The first-order valence-electron chi connectivity index (χ1n) is 4.14. The fourth-order valence-corrected chi connectivity index (χ4v) is 3.15. The number of aryl methyl sites for hydroxylation is 1. The zero-order chi connectivity index (χ0) is 10.1. The van der Waals surface area contributed by atoms with Crippen molar-refractivity contribution in [3.8, 4) is 0 Å². The number of hydrogen-bond donors (Lipinski definition) is 1. The second-order valence-electron chi connectivity index (χ2n) is 3.03. The van der Waals surface area contributed by atoms with Gasteiger partial charge in [-0.1, -0.05) is 11.6 Å². The van der Waals surface area contributed by atoms with Crippen LogP contribution < -0.4 is 0 Å². The fraction of sp³-hybridized carbons (Fsp3) is 0.200. The molecule has 2 heterocycles. The van der Waals surface area contributed by atoms with Crippen LogP contribution in [0, 0.1) is 6.92 Å². The van der Waals surface area contributed by atoms with Gasteiger partial charge in [-0.3, -0.25) is 0 Å². The van der Waals surface area contributed by atoms with Crippen molar-refractivity contribution in [3.05, 3.63) is 43.2 Å². The first-order valence-corrected chi connectivity index (χ1v) is 6.28. The van der Waals surface area contributed by atoms with Crippen LogP contribution in [-0.2, 0) is 0 Å². The lowest BCUT2D eigenvalue weighted by molar-refractivity contribution is 0.225. The molecule has 0 aliphatic rings.